The van der Waals surface area contributed by atoms with E-state index in [0.717, 1.165) is 5.56 Å². The minimum Gasteiger partial charge on any atom is -0.483 e. The Balaban J connectivity index is 0.00000141. The number of likely N-dealkylation sites (N-methyl/N-ethyl adjacent to an activating group) is 1. The van der Waals surface area contributed by atoms with Gasteiger partial charge >= 0.3 is 6.36 Å². The molecular formula is C25H28F3N5O6S. The normalized spacial score (nSPS) is 19.2. The Morgan fingerprint density at radius 3 is 2.48 bits per heavy atom. The van der Waals surface area contributed by atoms with Crippen molar-refractivity contribution in [2.45, 2.75) is 48.6 Å². The number of nitrogens with one attached hydrogen (secondary N) is 1. The third-order valence-electron chi connectivity index (χ3n) is 6.09. The topological polar surface area (TPSA) is 144 Å². The SMILES string of the molecule is CN(C)[C@H]1C[C@@H](c2cccc(OC(F)(F)F)c2)CC[C@@H]1Oc1ccc(S(=O)(=O)Nc2ccncn2)cn1.O=CO. The van der Waals surface area contributed by atoms with Crippen LogP contribution in [0.15, 0.2) is 66.1 Å². The summed E-state index contributed by atoms with van der Waals surface area (Å²) in [6.07, 6.45) is 0.858. The van der Waals surface area contributed by atoms with E-state index in [4.69, 9.17) is 14.6 Å². The molecule has 1 aliphatic carbocycles. The van der Waals surface area contributed by atoms with E-state index in [-0.39, 0.29) is 46.9 Å². The molecule has 1 saturated carbocycles. The summed E-state index contributed by atoms with van der Waals surface area (Å²) in [4.78, 5) is 22.1. The van der Waals surface area contributed by atoms with Crippen molar-refractivity contribution in [1.82, 2.24) is 19.9 Å². The Bertz CT molecular complexity index is 1350. The van der Waals surface area contributed by atoms with E-state index in [2.05, 4.69) is 24.4 Å². The molecule has 3 atom stereocenters. The Morgan fingerprint density at radius 1 is 1.12 bits per heavy atom. The van der Waals surface area contributed by atoms with Crippen LogP contribution in [0.3, 0.4) is 0 Å². The highest BCUT2D eigenvalue weighted by Gasteiger charge is 2.35. The van der Waals surface area contributed by atoms with Gasteiger partial charge in [-0.25, -0.2) is 23.4 Å². The van der Waals surface area contributed by atoms with Gasteiger partial charge in [0.2, 0.25) is 5.88 Å². The number of hydrogen-bond donors (Lipinski definition) is 2. The van der Waals surface area contributed by atoms with Crippen LogP contribution in [0.5, 0.6) is 11.6 Å². The Kier molecular flexibility index (Phi) is 10.2. The maximum absolute atomic E-state index is 12.6. The fourth-order valence-corrected chi connectivity index (χ4v) is 5.32. The number of benzene rings is 1. The molecule has 15 heteroatoms. The average molecular weight is 584 g/mol. The van der Waals surface area contributed by atoms with Gasteiger partial charge in [-0.05, 0) is 69.1 Å². The van der Waals surface area contributed by atoms with Crippen molar-refractivity contribution in [3.8, 4) is 11.6 Å². The van der Waals surface area contributed by atoms with Crippen LogP contribution >= 0.6 is 0 Å². The number of pyridine rings is 1. The predicted octanol–water partition coefficient (Wildman–Crippen LogP) is 3.92. The lowest BCUT2D eigenvalue weighted by molar-refractivity contribution is -0.274. The van der Waals surface area contributed by atoms with E-state index in [1.54, 1.807) is 12.1 Å². The first-order valence-corrected chi connectivity index (χ1v) is 13.4. The maximum atomic E-state index is 12.6. The van der Waals surface area contributed by atoms with E-state index >= 15 is 0 Å². The highest BCUT2D eigenvalue weighted by Crippen LogP contribution is 2.38. The molecule has 0 amide bonds. The zero-order chi connectivity index (χ0) is 29.3. The quantitative estimate of drug-likeness (QED) is 0.375. The molecule has 0 bridgehead atoms. The molecule has 40 heavy (non-hydrogen) atoms. The summed E-state index contributed by atoms with van der Waals surface area (Å²) in [5.74, 6) is 0.198. The lowest BCUT2D eigenvalue weighted by Gasteiger charge is -2.39. The summed E-state index contributed by atoms with van der Waals surface area (Å²) < 4.78 is 75.6. The average Bonchev–Trinajstić information content (AvgIpc) is 2.89. The number of rotatable bonds is 8. The summed E-state index contributed by atoms with van der Waals surface area (Å²) in [6, 6.07) is 10.4. The van der Waals surface area contributed by atoms with Crippen LogP contribution in [0, 0.1) is 0 Å². The van der Waals surface area contributed by atoms with Crippen molar-refractivity contribution in [3.05, 3.63) is 66.7 Å². The van der Waals surface area contributed by atoms with E-state index in [0.29, 0.717) is 19.3 Å². The third-order valence-corrected chi connectivity index (χ3v) is 7.43. The monoisotopic (exact) mass is 583 g/mol. The fourth-order valence-electron chi connectivity index (χ4n) is 4.37. The summed E-state index contributed by atoms with van der Waals surface area (Å²) in [7, 11) is -0.0651. The van der Waals surface area contributed by atoms with Crippen LogP contribution in [0.4, 0.5) is 19.0 Å². The highest BCUT2D eigenvalue weighted by atomic mass is 32.2. The van der Waals surface area contributed by atoms with Gasteiger partial charge in [0.05, 0.1) is 6.20 Å². The van der Waals surface area contributed by atoms with Crippen molar-refractivity contribution >= 4 is 22.3 Å². The number of carbonyl (C=O) groups is 1. The molecule has 3 aromatic rings. The molecule has 11 nitrogen and oxygen atoms in total. The number of ether oxygens (including phenoxy) is 2. The van der Waals surface area contributed by atoms with E-state index in [1.165, 1.54) is 49.1 Å². The van der Waals surface area contributed by atoms with Crippen molar-refractivity contribution < 1.29 is 41.0 Å². The second-order valence-electron chi connectivity index (χ2n) is 8.96. The van der Waals surface area contributed by atoms with Gasteiger partial charge in [-0.2, -0.15) is 0 Å². The minimum absolute atomic E-state index is 0.0254. The van der Waals surface area contributed by atoms with Gasteiger partial charge in [-0.3, -0.25) is 9.52 Å². The lowest BCUT2D eigenvalue weighted by atomic mass is 9.79. The molecule has 216 valence electrons. The maximum Gasteiger partial charge on any atom is 0.573 e. The van der Waals surface area contributed by atoms with Crippen LogP contribution in [-0.4, -0.2) is 72.5 Å². The number of halogens is 3. The molecule has 2 N–H and O–H groups in total. The largest absolute Gasteiger partial charge is 0.573 e. The van der Waals surface area contributed by atoms with Crippen molar-refractivity contribution in [2.75, 3.05) is 18.8 Å². The van der Waals surface area contributed by atoms with Crippen molar-refractivity contribution in [1.29, 1.82) is 0 Å². The third kappa shape index (κ3) is 8.77. The summed E-state index contributed by atoms with van der Waals surface area (Å²) >= 11 is 0. The summed E-state index contributed by atoms with van der Waals surface area (Å²) in [6.45, 7) is -0.250. The molecule has 1 aliphatic rings. The first-order chi connectivity index (χ1) is 18.9. The molecule has 0 unspecified atom stereocenters. The number of hydrogen-bond acceptors (Lipinski definition) is 9. The number of aromatic nitrogens is 3. The minimum atomic E-state index is -4.75. The molecule has 4 rings (SSSR count). The van der Waals surface area contributed by atoms with E-state index in [9.17, 15) is 21.6 Å². The van der Waals surface area contributed by atoms with Crippen LogP contribution in [-0.2, 0) is 14.8 Å². The van der Waals surface area contributed by atoms with Crippen LogP contribution < -0.4 is 14.2 Å². The first kappa shape index (κ1) is 30.6. The predicted molar refractivity (Wildman–Crippen MR) is 137 cm³/mol. The van der Waals surface area contributed by atoms with Gasteiger partial charge in [-0.15, -0.1) is 13.2 Å². The summed E-state index contributed by atoms with van der Waals surface area (Å²) in [5, 5.41) is 6.89. The second kappa shape index (κ2) is 13.4. The molecule has 2 aromatic heterocycles. The number of carboxylic acid groups (broad SMARTS) is 1. The van der Waals surface area contributed by atoms with Gasteiger partial charge in [0, 0.05) is 18.3 Å². The first-order valence-electron chi connectivity index (χ1n) is 11.9. The zero-order valence-electron chi connectivity index (χ0n) is 21.5. The van der Waals surface area contributed by atoms with Crippen LogP contribution in [0.2, 0.25) is 0 Å². The Morgan fingerprint density at radius 2 is 1.88 bits per heavy atom. The molecule has 1 aromatic carbocycles. The molecule has 0 spiro atoms. The van der Waals surface area contributed by atoms with Gasteiger partial charge in [-0.1, -0.05) is 12.1 Å². The molecule has 1 fully saturated rings. The number of nitrogens with zero attached hydrogens (tertiary/aromatic N) is 4. The molecule has 0 aliphatic heterocycles. The standard InChI is InChI=1S/C24H26F3N5O4S.CH2O2/c1-32(2)20-13-17(16-4-3-5-18(12-16)36-24(25,26)27)6-8-21(20)35-23-9-7-19(14-29-23)37(33,34)31-22-10-11-28-15-30-22;2-1-3/h3-5,7,9-12,14-15,17,20-21H,6,8,13H2,1-2H3,(H,28,30,31);1H,(H,2,3)/t17-,20-,21-;/m0./s1. The Hall–Kier alpha value is -3.98. The zero-order valence-corrected chi connectivity index (χ0v) is 22.3. The van der Waals surface area contributed by atoms with Crippen molar-refractivity contribution in [2.24, 2.45) is 0 Å². The van der Waals surface area contributed by atoms with E-state index in [1.807, 2.05) is 19.0 Å². The van der Waals surface area contributed by atoms with Crippen LogP contribution in [0.25, 0.3) is 0 Å². The lowest BCUT2D eigenvalue weighted by Crippen LogP contribution is -2.46. The van der Waals surface area contributed by atoms with Crippen molar-refractivity contribution in [3.63, 3.8) is 0 Å². The second-order valence-corrected chi connectivity index (χ2v) is 10.6. The number of sulfonamides is 1. The molecule has 2 heterocycles. The van der Waals surface area contributed by atoms with Gasteiger partial charge < -0.3 is 19.5 Å². The molecule has 0 saturated heterocycles. The van der Waals surface area contributed by atoms with Crippen LogP contribution in [0.1, 0.15) is 30.7 Å². The fraction of sp³-hybridized carbons (Fsp3) is 0.360. The van der Waals surface area contributed by atoms with Gasteiger partial charge in [0.25, 0.3) is 16.5 Å². The Labute approximate surface area is 229 Å². The number of anilines is 1. The smallest absolute Gasteiger partial charge is 0.483 e. The summed E-state index contributed by atoms with van der Waals surface area (Å²) in [5.41, 5.74) is 0.774. The highest BCUT2D eigenvalue weighted by molar-refractivity contribution is 7.92. The molecule has 0 radical (unpaired) electrons. The molecular weight excluding hydrogens is 555 g/mol. The number of alkyl halides is 3. The van der Waals surface area contributed by atoms with Gasteiger partial charge in [0.1, 0.15) is 28.9 Å². The van der Waals surface area contributed by atoms with E-state index < -0.39 is 16.4 Å². The van der Waals surface area contributed by atoms with Gasteiger partial charge in [0.15, 0.2) is 0 Å².